The van der Waals surface area contributed by atoms with Gasteiger partial charge in [-0.3, -0.25) is 0 Å². The maximum absolute atomic E-state index is 5.80. The average Bonchev–Trinajstić information content (AvgIpc) is 2.77. The van der Waals surface area contributed by atoms with E-state index < -0.39 is 0 Å². The summed E-state index contributed by atoms with van der Waals surface area (Å²) >= 11 is 0. The Bertz CT molecular complexity index is 480. The van der Waals surface area contributed by atoms with Gasteiger partial charge in [0.05, 0.1) is 6.04 Å². The number of nitrogens with zero attached hydrogens (tertiary/aromatic N) is 3. The molecule has 0 aliphatic rings. The molecule has 5 heteroatoms. The maximum atomic E-state index is 5.80. The van der Waals surface area contributed by atoms with E-state index in [1.807, 2.05) is 32.0 Å². The molecular formula is C11H14N4O. The molecule has 2 aromatic rings. The van der Waals surface area contributed by atoms with E-state index in [1.165, 1.54) is 0 Å². The molecule has 16 heavy (non-hydrogen) atoms. The number of rotatable bonds is 3. The molecule has 84 valence electrons. The van der Waals surface area contributed by atoms with Gasteiger partial charge in [-0.05, 0) is 25.5 Å². The first-order valence-electron chi connectivity index (χ1n) is 5.24. The molecule has 0 spiro atoms. The second-order valence-electron chi connectivity index (χ2n) is 3.64. The van der Waals surface area contributed by atoms with Crippen LogP contribution in [-0.4, -0.2) is 15.1 Å². The quantitative estimate of drug-likeness (QED) is 0.850. The van der Waals surface area contributed by atoms with Gasteiger partial charge in [0.25, 0.3) is 0 Å². The molecule has 0 bridgehead atoms. The lowest BCUT2D eigenvalue weighted by Gasteiger charge is -1.99. The van der Waals surface area contributed by atoms with Crippen molar-refractivity contribution in [1.82, 2.24) is 15.1 Å². The first-order valence-corrected chi connectivity index (χ1v) is 5.24. The summed E-state index contributed by atoms with van der Waals surface area (Å²) in [5.74, 6) is 0.948. The molecule has 0 unspecified atom stereocenters. The van der Waals surface area contributed by atoms with Crippen LogP contribution in [0.2, 0.25) is 0 Å². The largest absolute Gasteiger partial charge is 0.337 e. The highest BCUT2D eigenvalue weighted by atomic mass is 16.5. The molecular weight excluding hydrogens is 204 g/mol. The Kier molecular flexibility index (Phi) is 2.96. The summed E-state index contributed by atoms with van der Waals surface area (Å²) in [6.45, 7) is 3.89. The van der Waals surface area contributed by atoms with Crippen molar-refractivity contribution in [2.24, 2.45) is 5.73 Å². The highest BCUT2D eigenvalue weighted by Gasteiger charge is 2.14. The molecule has 0 fully saturated rings. The minimum Gasteiger partial charge on any atom is -0.337 e. The van der Waals surface area contributed by atoms with Crippen molar-refractivity contribution in [3.8, 4) is 11.5 Å². The second-order valence-corrected chi connectivity index (χ2v) is 3.64. The number of hydrogen-bond acceptors (Lipinski definition) is 5. The summed E-state index contributed by atoms with van der Waals surface area (Å²) in [6.07, 6.45) is 0.767. The van der Waals surface area contributed by atoms with Crippen LogP contribution < -0.4 is 5.73 Å². The van der Waals surface area contributed by atoms with E-state index in [9.17, 15) is 0 Å². The van der Waals surface area contributed by atoms with Crippen LogP contribution in [0.25, 0.3) is 11.5 Å². The fraction of sp³-hybridized carbons (Fsp3) is 0.364. The lowest BCUT2D eigenvalue weighted by atomic mass is 10.2. The molecule has 2 rings (SSSR count). The molecule has 0 amide bonds. The van der Waals surface area contributed by atoms with E-state index >= 15 is 0 Å². The van der Waals surface area contributed by atoms with Crippen LogP contribution in [-0.2, 0) is 0 Å². The summed E-state index contributed by atoms with van der Waals surface area (Å²) in [4.78, 5) is 8.54. The SMILES string of the molecule is CC[C@H](N)c1nc(-c2cccc(C)n2)no1. The van der Waals surface area contributed by atoms with Gasteiger partial charge in [-0.15, -0.1) is 0 Å². The zero-order chi connectivity index (χ0) is 11.5. The normalized spacial score (nSPS) is 12.7. The van der Waals surface area contributed by atoms with Gasteiger partial charge in [0.15, 0.2) is 0 Å². The Hall–Kier alpha value is -1.75. The van der Waals surface area contributed by atoms with Crippen LogP contribution >= 0.6 is 0 Å². The zero-order valence-corrected chi connectivity index (χ0v) is 9.34. The van der Waals surface area contributed by atoms with Crippen molar-refractivity contribution in [1.29, 1.82) is 0 Å². The van der Waals surface area contributed by atoms with Gasteiger partial charge in [-0.1, -0.05) is 18.1 Å². The summed E-state index contributed by atoms with van der Waals surface area (Å²) in [6, 6.07) is 5.47. The fourth-order valence-electron chi connectivity index (χ4n) is 1.33. The van der Waals surface area contributed by atoms with E-state index in [0.29, 0.717) is 17.4 Å². The molecule has 2 N–H and O–H groups in total. The summed E-state index contributed by atoms with van der Waals surface area (Å²) in [5, 5.41) is 3.87. The van der Waals surface area contributed by atoms with Crippen molar-refractivity contribution < 1.29 is 4.52 Å². The molecule has 0 aliphatic carbocycles. The lowest BCUT2D eigenvalue weighted by molar-refractivity contribution is 0.352. The smallest absolute Gasteiger partial charge is 0.243 e. The number of nitrogens with two attached hydrogens (primary N) is 1. The van der Waals surface area contributed by atoms with E-state index in [2.05, 4.69) is 15.1 Å². The van der Waals surface area contributed by atoms with E-state index in [1.54, 1.807) is 0 Å². The Balaban J connectivity index is 2.31. The maximum Gasteiger partial charge on any atom is 0.243 e. The monoisotopic (exact) mass is 218 g/mol. The van der Waals surface area contributed by atoms with Crippen molar-refractivity contribution in [3.05, 3.63) is 29.8 Å². The van der Waals surface area contributed by atoms with Gasteiger partial charge in [-0.2, -0.15) is 4.98 Å². The van der Waals surface area contributed by atoms with Crippen LogP contribution in [0.3, 0.4) is 0 Å². The molecule has 0 saturated heterocycles. The molecule has 0 aliphatic heterocycles. The van der Waals surface area contributed by atoms with E-state index in [0.717, 1.165) is 12.1 Å². The van der Waals surface area contributed by atoms with Crippen molar-refractivity contribution in [3.63, 3.8) is 0 Å². The van der Waals surface area contributed by atoms with E-state index in [-0.39, 0.29) is 6.04 Å². The third kappa shape index (κ3) is 2.09. The molecule has 0 saturated carbocycles. The number of aromatic nitrogens is 3. The second kappa shape index (κ2) is 4.40. The third-order valence-electron chi connectivity index (χ3n) is 2.32. The predicted molar refractivity (Wildman–Crippen MR) is 59.5 cm³/mol. The summed E-state index contributed by atoms with van der Waals surface area (Å²) < 4.78 is 5.09. The molecule has 2 heterocycles. The van der Waals surface area contributed by atoms with Gasteiger partial charge in [0.1, 0.15) is 5.69 Å². The Labute approximate surface area is 93.7 Å². The van der Waals surface area contributed by atoms with E-state index in [4.69, 9.17) is 10.3 Å². The Morgan fingerprint density at radius 2 is 2.19 bits per heavy atom. The average molecular weight is 218 g/mol. The van der Waals surface area contributed by atoms with Crippen LogP contribution in [0.5, 0.6) is 0 Å². The topological polar surface area (TPSA) is 77.8 Å². The predicted octanol–water partition coefficient (Wildman–Crippen LogP) is 1.85. The minimum atomic E-state index is -0.203. The number of hydrogen-bond donors (Lipinski definition) is 1. The summed E-state index contributed by atoms with van der Waals surface area (Å²) in [7, 11) is 0. The van der Waals surface area contributed by atoms with Gasteiger partial charge >= 0.3 is 0 Å². The molecule has 1 atom stereocenters. The van der Waals surface area contributed by atoms with Crippen molar-refractivity contribution >= 4 is 0 Å². The van der Waals surface area contributed by atoms with Crippen LogP contribution in [0.1, 0.15) is 31.0 Å². The van der Waals surface area contributed by atoms with Crippen LogP contribution in [0, 0.1) is 6.92 Å². The van der Waals surface area contributed by atoms with Crippen molar-refractivity contribution in [2.75, 3.05) is 0 Å². The summed E-state index contributed by atoms with van der Waals surface area (Å²) in [5.41, 5.74) is 7.43. The Morgan fingerprint density at radius 3 is 2.88 bits per heavy atom. The standard InChI is InChI=1S/C11H14N4O/c1-3-8(12)11-14-10(15-16-11)9-6-4-5-7(2)13-9/h4-6,8H,3,12H2,1-2H3/t8-/m0/s1. The molecule has 5 nitrogen and oxygen atoms in total. The first kappa shape index (κ1) is 10.8. The Morgan fingerprint density at radius 1 is 1.38 bits per heavy atom. The molecule has 0 radical (unpaired) electrons. The van der Waals surface area contributed by atoms with Gasteiger partial charge in [0.2, 0.25) is 11.7 Å². The minimum absolute atomic E-state index is 0.203. The first-order chi connectivity index (χ1) is 7.70. The van der Waals surface area contributed by atoms with Crippen LogP contribution in [0.4, 0.5) is 0 Å². The lowest BCUT2D eigenvalue weighted by Crippen LogP contribution is -2.08. The van der Waals surface area contributed by atoms with Gasteiger partial charge < -0.3 is 10.3 Å². The number of aryl methyl sites for hydroxylation is 1. The fourth-order valence-corrected chi connectivity index (χ4v) is 1.33. The highest BCUT2D eigenvalue weighted by Crippen LogP contribution is 2.17. The van der Waals surface area contributed by atoms with Crippen molar-refractivity contribution in [2.45, 2.75) is 26.3 Å². The number of pyridine rings is 1. The highest BCUT2D eigenvalue weighted by molar-refractivity contribution is 5.48. The third-order valence-corrected chi connectivity index (χ3v) is 2.32. The molecule has 0 aromatic carbocycles. The zero-order valence-electron chi connectivity index (χ0n) is 9.34. The van der Waals surface area contributed by atoms with Gasteiger partial charge in [0, 0.05) is 5.69 Å². The molecule has 2 aromatic heterocycles. The van der Waals surface area contributed by atoms with Crippen LogP contribution in [0.15, 0.2) is 22.7 Å². The van der Waals surface area contributed by atoms with Gasteiger partial charge in [-0.25, -0.2) is 4.98 Å².